The van der Waals surface area contributed by atoms with Crippen LogP contribution in [0.1, 0.15) is 57.8 Å². The quantitative estimate of drug-likeness (QED) is 0.574. The Morgan fingerprint density at radius 1 is 0.913 bits per heavy atom. The fourth-order valence-electron chi connectivity index (χ4n) is 3.68. The topological polar surface area (TPSA) is 46.5 Å². The summed E-state index contributed by atoms with van der Waals surface area (Å²) in [5.74, 6) is 0.753. The van der Waals surface area contributed by atoms with E-state index >= 15 is 0 Å². The lowest BCUT2D eigenvalue weighted by atomic mass is 9.90. The van der Waals surface area contributed by atoms with E-state index in [-0.39, 0.29) is 17.9 Å². The van der Waals surface area contributed by atoms with Crippen molar-refractivity contribution in [3.05, 3.63) is 24.8 Å². The molecule has 2 aliphatic heterocycles. The maximum Gasteiger partial charge on any atom is 0.179 e. The molecule has 0 spiro atoms. The standard InChI is InChI=1S/C19H33N2.ClH.H2O/c1-2-3-13-19(18-11-9-14-20-15-10-12-18)21-16-7-5-4-6-8-17-21;;/h2-3,13,18,20H,1,4-12,14-17H2;1H;1H2/q+1;;/p-1. The molecule has 134 valence electrons. The van der Waals surface area contributed by atoms with E-state index in [1.807, 2.05) is 6.08 Å². The van der Waals surface area contributed by atoms with E-state index in [1.165, 1.54) is 84.0 Å². The van der Waals surface area contributed by atoms with Gasteiger partial charge in [-0.15, -0.1) is 0 Å². The van der Waals surface area contributed by atoms with Crippen molar-refractivity contribution < 1.29 is 22.5 Å². The molecular weight excluding hydrogens is 308 g/mol. The second-order valence-corrected chi connectivity index (χ2v) is 6.51. The van der Waals surface area contributed by atoms with Gasteiger partial charge in [0.15, 0.2) is 5.71 Å². The maximum absolute atomic E-state index is 3.86. The van der Waals surface area contributed by atoms with Gasteiger partial charge in [-0.25, -0.2) is 4.58 Å². The summed E-state index contributed by atoms with van der Waals surface area (Å²) in [6.45, 7) is 8.75. The van der Waals surface area contributed by atoms with Crippen molar-refractivity contribution in [2.45, 2.75) is 57.8 Å². The lowest BCUT2D eigenvalue weighted by molar-refractivity contribution is -0.532. The normalized spacial score (nSPS) is 21.1. The average molecular weight is 343 g/mol. The summed E-state index contributed by atoms with van der Waals surface area (Å²) >= 11 is 0. The Hall–Kier alpha value is -0.640. The second kappa shape index (κ2) is 13.8. The van der Waals surface area contributed by atoms with Crippen molar-refractivity contribution in [1.29, 1.82) is 0 Å². The zero-order valence-corrected chi connectivity index (χ0v) is 15.3. The Kier molecular flexibility index (Phi) is 13.4. The van der Waals surface area contributed by atoms with E-state index < -0.39 is 0 Å². The SMILES string of the molecule is C=CC=CC(C1CCCNCCC1)=[N+]1CCCCCCC1.O.[Cl-]. The summed E-state index contributed by atoms with van der Waals surface area (Å²) < 4.78 is 2.69. The van der Waals surface area contributed by atoms with Crippen LogP contribution in [-0.2, 0) is 0 Å². The van der Waals surface area contributed by atoms with E-state index in [0.29, 0.717) is 0 Å². The predicted molar refractivity (Wildman–Crippen MR) is 95.9 cm³/mol. The zero-order valence-electron chi connectivity index (χ0n) is 14.5. The molecule has 0 aromatic carbocycles. The Balaban J connectivity index is 0.00000242. The third-order valence-electron chi connectivity index (χ3n) is 4.85. The monoisotopic (exact) mass is 342 g/mol. The van der Waals surface area contributed by atoms with Crippen LogP contribution >= 0.6 is 0 Å². The molecule has 2 saturated heterocycles. The number of halogens is 1. The molecular formula is C19H35ClN2O. The highest BCUT2D eigenvalue weighted by Crippen LogP contribution is 2.19. The number of nitrogens with zero attached hydrogens (tertiary/aromatic N) is 1. The minimum Gasteiger partial charge on any atom is -1.00 e. The van der Waals surface area contributed by atoms with E-state index in [9.17, 15) is 0 Å². The van der Waals surface area contributed by atoms with Crippen LogP contribution in [0.15, 0.2) is 24.8 Å². The van der Waals surface area contributed by atoms with Gasteiger partial charge >= 0.3 is 0 Å². The molecule has 2 rings (SSSR count). The van der Waals surface area contributed by atoms with Gasteiger partial charge in [-0.1, -0.05) is 25.2 Å². The van der Waals surface area contributed by atoms with Crippen molar-refractivity contribution in [1.82, 2.24) is 5.32 Å². The van der Waals surface area contributed by atoms with Crippen LogP contribution in [0.25, 0.3) is 0 Å². The zero-order chi connectivity index (χ0) is 14.8. The molecule has 0 unspecified atom stereocenters. The van der Waals surface area contributed by atoms with Crippen LogP contribution < -0.4 is 17.7 Å². The third-order valence-corrected chi connectivity index (χ3v) is 4.85. The predicted octanol–water partition coefficient (Wildman–Crippen LogP) is 0.105. The van der Waals surface area contributed by atoms with Crippen molar-refractivity contribution in [3.8, 4) is 0 Å². The summed E-state index contributed by atoms with van der Waals surface area (Å²) in [6, 6.07) is 0. The smallest absolute Gasteiger partial charge is 0.179 e. The highest BCUT2D eigenvalue weighted by molar-refractivity contribution is 5.93. The first-order valence-corrected chi connectivity index (χ1v) is 9.03. The minimum absolute atomic E-state index is 0. The first kappa shape index (κ1) is 22.4. The number of hydrogen-bond donors (Lipinski definition) is 1. The van der Waals surface area contributed by atoms with E-state index in [2.05, 4.69) is 28.6 Å². The van der Waals surface area contributed by atoms with Crippen LogP contribution in [0.3, 0.4) is 0 Å². The third kappa shape index (κ3) is 8.14. The van der Waals surface area contributed by atoms with Gasteiger partial charge in [0.2, 0.25) is 0 Å². The number of hydrogen-bond acceptors (Lipinski definition) is 1. The number of nitrogens with one attached hydrogen (secondary N) is 1. The van der Waals surface area contributed by atoms with Crippen LogP contribution in [0.2, 0.25) is 0 Å². The van der Waals surface area contributed by atoms with Gasteiger partial charge in [0.05, 0.1) is 0 Å². The molecule has 4 heteroatoms. The van der Waals surface area contributed by atoms with E-state index in [0.717, 1.165) is 5.92 Å². The van der Waals surface area contributed by atoms with Gasteiger partial charge in [0.25, 0.3) is 0 Å². The van der Waals surface area contributed by atoms with E-state index in [4.69, 9.17) is 0 Å². The Morgan fingerprint density at radius 2 is 1.48 bits per heavy atom. The van der Waals surface area contributed by atoms with Crippen molar-refractivity contribution >= 4 is 5.71 Å². The summed E-state index contributed by atoms with van der Waals surface area (Å²) in [6.07, 6.45) is 18.7. The lowest BCUT2D eigenvalue weighted by Gasteiger charge is -2.21. The van der Waals surface area contributed by atoms with Crippen LogP contribution in [-0.4, -0.2) is 41.9 Å². The Bertz CT molecular complexity index is 362. The summed E-state index contributed by atoms with van der Waals surface area (Å²) in [5.41, 5.74) is 1.60. The molecule has 0 bridgehead atoms. The Morgan fingerprint density at radius 3 is 2.04 bits per heavy atom. The van der Waals surface area contributed by atoms with Crippen LogP contribution in [0, 0.1) is 5.92 Å². The lowest BCUT2D eigenvalue weighted by Crippen LogP contribution is -3.00. The molecule has 3 N–H and O–H groups in total. The fourth-order valence-corrected chi connectivity index (χ4v) is 3.68. The van der Waals surface area contributed by atoms with Gasteiger partial charge in [0, 0.05) is 24.8 Å². The van der Waals surface area contributed by atoms with Gasteiger partial charge in [-0.3, -0.25) is 0 Å². The molecule has 0 radical (unpaired) electrons. The van der Waals surface area contributed by atoms with Gasteiger partial charge < -0.3 is 23.2 Å². The molecule has 2 aliphatic rings. The second-order valence-electron chi connectivity index (χ2n) is 6.51. The van der Waals surface area contributed by atoms with Gasteiger partial charge in [-0.2, -0.15) is 0 Å². The molecule has 3 nitrogen and oxygen atoms in total. The minimum atomic E-state index is 0. The molecule has 0 amide bonds. The molecule has 0 aromatic heterocycles. The highest BCUT2D eigenvalue weighted by atomic mass is 35.5. The highest BCUT2D eigenvalue weighted by Gasteiger charge is 2.24. The number of allylic oxidation sites excluding steroid dienone is 3. The first-order chi connectivity index (χ1) is 10.4. The summed E-state index contributed by atoms with van der Waals surface area (Å²) in [5, 5.41) is 3.53. The molecule has 0 saturated carbocycles. The molecule has 23 heavy (non-hydrogen) atoms. The maximum atomic E-state index is 3.86. The average Bonchev–Trinajstić information content (AvgIpc) is 2.41. The van der Waals surface area contributed by atoms with Crippen molar-refractivity contribution in [2.24, 2.45) is 5.92 Å². The van der Waals surface area contributed by atoms with Crippen molar-refractivity contribution in [3.63, 3.8) is 0 Å². The molecule has 0 atom stereocenters. The fraction of sp³-hybridized carbons (Fsp3) is 0.737. The Labute approximate surface area is 148 Å². The van der Waals surface area contributed by atoms with Crippen LogP contribution in [0.4, 0.5) is 0 Å². The van der Waals surface area contributed by atoms with E-state index in [1.54, 1.807) is 5.71 Å². The largest absolute Gasteiger partial charge is 1.00 e. The van der Waals surface area contributed by atoms with Gasteiger partial charge in [0.1, 0.15) is 13.1 Å². The molecule has 2 fully saturated rings. The molecule has 0 aromatic rings. The van der Waals surface area contributed by atoms with Gasteiger partial charge in [-0.05, 0) is 51.6 Å². The number of rotatable bonds is 3. The first-order valence-electron chi connectivity index (χ1n) is 9.03. The summed E-state index contributed by atoms with van der Waals surface area (Å²) in [4.78, 5) is 0. The van der Waals surface area contributed by atoms with Crippen molar-refractivity contribution in [2.75, 3.05) is 26.2 Å². The molecule has 2 heterocycles. The summed E-state index contributed by atoms with van der Waals surface area (Å²) in [7, 11) is 0. The molecule has 0 aliphatic carbocycles. The van der Waals surface area contributed by atoms with Crippen LogP contribution in [0.5, 0.6) is 0 Å².